The van der Waals surface area contributed by atoms with Crippen LogP contribution >= 0.6 is 23.2 Å². The summed E-state index contributed by atoms with van der Waals surface area (Å²) in [4.78, 5) is 0. The standard InChI is InChI=1S/C11H11Cl2.C3H6.ClH.Zr/c1-3-4-5-6-9-8(2)7-10(12)11(9)13;1-3-2;;/h3-6,10H,1-2H3;1-2H3;1H;/q;;;+1/p-1. The van der Waals surface area contributed by atoms with Crippen LogP contribution in [0, 0.1) is 0 Å². The van der Waals surface area contributed by atoms with Crippen molar-refractivity contribution in [3.8, 4) is 0 Å². The van der Waals surface area contributed by atoms with E-state index in [1.807, 2.05) is 25.2 Å². The largest absolute Gasteiger partial charge is 1.00 e. The van der Waals surface area contributed by atoms with E-state index in [9.17, 15) is 0 Å². The van der Waals surface area contributed by atoms with Gasteiger partial charge in [-0.3, -0.25) is 0 Å². The zero-order chi connectivity index (χ0) is 13.0. The fourth-order valence-corrected chi connectivity index (χ4v) is 5.60. The first-order chi connectivity index (χ1) is 7.99. The van der Waals surface area contributed by atoms with E-state index in [0.717, 1.165) is 10.6 Å². The van der Waals surface area contributed by atoms with Crippen molar-refractivity contribution in [3.05, 3.63) is 43.8 Å². The van der Waals surface area contributed by atoms with Crippen LogP contribution < -0.4 is 12.4 Å². The van der Waals surface area contributed by atoms with Gasteiger partial charge in [0.25, 0.3) is 0 Å². The molecule has 4 heteroatoms. The van der Waals surface area contributed by atoms with Gasteiger partial charge in [-0.15, -0.1) is 0 Å². The average molecular weight is 383 g/mol. The summed E-state index contributed by atoms with van der Waals surface area (Å²) in [6.45, 7) is 8.52. The van der Waals surface area contributed by atoms with Crippen LogP contribution in [0.4, 0.5) is 0 Å². The predicted octanol–water partition coefficient (Wildman–Crippen LogP) is 1.81. The van der Waals surface area contributed by atoms with Crippen LogP contribution in [0.5, 0.6) is 0 Å². The van der Waals surface area contributed by atoms with E-state index in [2.05, 4.69) is 26.8 Å². The Morgan fingerprint density at radius 2 is 1.89 bits per heavy atom. The monoisotopic (exact) mass is 380 g/mol. The summed E-state index contributed by atoms with van der Waals surface area (Å²) in [6, 6.07) is 0. The topological polar surface area (TPSA) is 0 Å². The Labute approximate surface area is 137 Å². The van der Waals surface area contributed by atoms with Crippen LogP contribution in [0.15, 0.2) is 43.8 Å². The Kier molecular flexibility index (Phi) is 8.98. The van der Waals surface area contributed by atoms with E-state index in [1.165, 1.54) is 12.1 Å². The van der Waals surface area contributed by atoms with Crippen molar-refractivity contribution in [2.45, 2.75) is 33.1 Å². The Balaban J connectivity index is 0.00000289. The average Bonchev–Trinajstić information content (AvgIpc) is 2.45. The van der Waals surface area contributed by atoms with Gasteiger partial charge in [-0.25, -0.2) is 0 Å². The summed E-state index contributed by atoms with van der Waals surface area (Å²) in [5, 5.41) is 0.713. The van der Waals surface area contributed by atoms with Crippen LogP contribution in [-0.4, -0.2) is 8.58 Å². The predicted molar refractivity (Wildman–Crippen MR) is 75.5 cm³/mol. The molecule has 0 N–H and O–H groups in total. The molecule has 0 nitrogen and oxygen atoms in total. The van der Waals surface area contributed by atoms with Crippen molar-refractivity contribution in [1.82, 2.24) is 0 Å². The SMILES string of the molecule is CC=CC=CC1=C(Cl)C(Cl)[C]([Zr+]=[C](C)C)=C1C.[Cl-]. The summed E-state index contributed by atoms with van der Waals surface area (Å²) < 4.78 is 2.93. The van der Waals surface area contributed by atoms with Crippen molar-refractivity contribution in [2.75, 3.05) is 0 Å². The van der Waals surface area contributed by atoms with Gasteiger partial charge in [0.15, 0.2) is 0 Å². The molecule has 1 unspecified atom stereocenters. The smallest absolute Gasteiger partial charge is 1.00 e. The van der Waals surface area contributed by atoms with Gasteiger partial charge in [0, 0.05) is 0 Å². The minimum atomic E-state index is -0.671. The second-order valence-electron chi connectivity index (χ2n) is 4.17. The molecule has 98 valence electrons. The van der Waals surface area contributed by atoms with Gasteiger partial charge in [-0.1, -0.05) is 0 Å². The van der Waals surface area contributed by atoms with Crippen molar-refractivity contribution < 1.29 is 35.2 Å². The second-order valence-corrected chi connectivity index (χ2v) is 9.41. The third kappa shape index (κ3) is 4.60. The van der Waals surface area contributed by atoms with Crippen molar-refractivity contribution in [3.63, 3.8) is 0 Å². The molecule has 1 aliphatic carbocycles. The molecule has 0 fully saturated rings. The minimum Gasteiger partial charge on any atom is -1.00 e. The van der Waals surface area contributed by atoms with Crippen molar-refractivity contribution in [2.24, 2.45) is 0 Å². The molecule has 0 radical (unpaired) electrons. The van der Waals surface area contributed by atoms with Crippen molar-refractivity contribution in [1.29, 1.82) is 0 Å². The number of alkyl halides is 1. The molecular weight excluding hydrogens is 366 g/mol. The summed E-state index contributed by atoms with van der Waals surface area (Å²) in [6.07, 6.45) is 8.08. The van der Waals surface area contributed by atoms with Crippen LogP contribution in [-0.2, 0) is 22.8 Å². The zero-order valence-electron chi connectivity index (χ0n) is 11.0. The molecule has 0 spiro atoms. The first-order valence-corrected chi connectivity index (χ1v) is 8.87. The molecule has 0 aliphatic heterocycles. The Morgan fingerprint density at radius 3 is 2.39 bits per heavy atom. The molecule has 1 rings (SSSR count). The van der Waals surface area contributed by atoms with E-state index in [1.54, 1.807) is 0 Å². The number of halogens is 3. The van der Waals surface area contributed by atoms with Gasteiger partial charge in [0.1, 0.15) is 0 Å². The van der Waals surface area contributed by atoms with Gasteiger partial charge in [-0.2, -0.15) is 0 Å². The van der Waals surface area contributed by atoms with Crippen LogP contribution in [0.3, 0.4) is 0 Å². The Morgan fingerprint density at radius 1 is 1.28 bits per heavy atom. The molecule has 0 aromatic rings. The summed E-state index contributed by atoms with van der Waals surface area (Å²) in [5.41, 5.74) is 2.41. The summed E-state index contributed by atoms with van der Waals surface area (Å²) in [5.74, 6) is 0. The maximum Gasteiger partial charge on any atom is -1.00 e. The number of hydrogen-bond donors (Lipinski definition) is 0. The molecule has 0 saturated carbocycles. The number of hydrogen-bond acceptors (Lipinski definition) is 0. The van der Waals surface area contributed by atoms with Gasteiger partial charge in [0.2, 0.25) is 0 Å². The number of rotatable bonds is 3. The normalized spacial score (nSPS) is 19.8. The fraction of sp³-hybridized carbons (Fsp3) is 0.357. The van der Waals surface area contributed by atoms with Gasteiger partial charge in [-0.05, 0) is 0 Å². The van der Waals surface area contributed by atoms with Crippen LogP contribution in [0.25, 0.3) is 0 Å². The zero-order valence-corrected chi connectivity index (χ0v) is 15.7. The first-order valence-electron chi connectivity index (χ1n) is 5.60. The van der Waals surface area contributed by atoms with Gasteiger partial charge in [0.05, 0.1) is 0 Å². The van der Waals surface area contributed by atoms with Crippen LogP contribution in [0.1, 0.15) is 27.7 Å². The molecule has 0 aromatic heterocycles. The van der Waals surface area contributed by atoms with Gasteiger partial charge < -0.3 is 12.4 Å². The van der Waals surface area contributed by atoms with E-state index in [-0.39, 0.29) is 17.8 Å². The Bertz CT molecular complexity index is 450. The molecule has 0 aromatic carbocycles. The molecule has 1 aliphatic rings. The maximum atomic E-state index is 6.40. The molecule has 0 saturated heterocycles. The third-order valence-electron chi connectivity index (χ3n) is 2.49. The van der Waals surface area contributed by atoms with E-state index >= 15 is 0 Å². The van der Waals surface area contributed by atoms with E-state index in [0.29, 0.717) is 0 Å². The second kappa shape index (κ2) is 8.69. The van der Waals surface area contributed by atoms with E-state index in [4.69, 9.17) is 23.2 Å². The maximum absolute atomic E-state index is 6.40. The van der Waals surface area contributed by atoms with E-state index < -0.39 is 22.8 Å². The Hall–Kier alpha value is 0.583. The fourth-order valence-electron chi connectivity index (χ4n) is 1.67. The molecule has 1 atom stereocenters. The minimum absolute atomic E-state index is 0. The molecular formula is C14H17Cl3Zr. The molecule has 18 heavy (non-hydrogen) atoms. The van der Waals surface area contributed by atoms with Gasteiger partial charge >= 0.3 is 126 Å². The molecule has 0 amide bonds. The first kappa shape index (κ1) is 18.6. The summed E-state index contributed by atoms with van der Waals surface area (Å²) in [7, 11) is 0. The van der Waals surface area contributed by atoms with Crippen molar-refractivity contribution >= 4 is 26.4 Å². The summed E-state index contributed by atoms with van der Waals surface area (Å²) >= 11 is 12.1. The molecule has 0 heterocycles. The van der Waals surface area contributed by atoms with Crippen LogP contribution in [0.2, 0.25) is 0 Å². The quantitative estimate of drug-likeness (QED) is 0.516. The third-order valence-corrected chi connectivity index (χ3v) is 7.43. The molecule has 0 bridgehead atoms. The number of allylic oxidation sites excluding steroid dienone is 8.